The molecule has 5 heteroatoms. The zero-order valence-electron chi connectivity index (χ0n) is 17.6. The Morgan fingerprint density at radius 1 is 1.14 bits per heavy atom. The third kappa shape index (κ3) is 2.17. The summed E-state index contributed by atoms with van der Waals surface area (Å²) in [6, 6.07) is 0. The van der Waals surface area contributed by atoms with E-state index >= 15 is 4.39 Å². The van der Waals surface area contributed by atoms with Gasteiger partial charge in [0.05, 0.1) is 0 Å². The Balaban J connectivity index is 1.58. The number of halogens is 1. The van der Waals surface area contributed by atoms with Crippen LogP contribution in [0.15, 0.2) is 23.0 Å². The second-order valence-electron chi connectivity index (χ2n) is 10.4. The molecular formula is C24H29FO4. The Bertz CT molecular complexity index is 916. The highest BCUT2D eigenvalue weighted by atomic mass is 19.1. The van der Waals surface area contributed by atoms with Gasteiger partial charge in [-0.3, -0.25) is 14.4 Å². The Kier molecular flexibility index (Phi) is 3.76. The van der Waals surface area contributed by atoms with E-state index in [0.717, 1.165) is 31.3 Å². The molecule has 0 N–H and O–H groups in total. The molecule has 0 aromatic rings. The average molecular weight is 400 g/mol. The topological polar surface area (TPSA) is 60.4 Å². The molecule has 0 saturated heterocycles. The molecule has 0 heterocycles. The van der Waals surface area contributed by atoms with Gasteiger partial charge >= 0.3 is 5.97 Å². The predicted octanol–water partition coefficient (Wildman–Crippen LogP) is 4.48. The van der Waals surface area contributed by atoms with Crippen molar-refractivity contribution in [1.82, 2.24) is 0 Å². The molecule has 0 aromatic carbocycles. The predicted molar refractivity (Wildman–Crippen MR) is 104 cm³/mol. The molecule has 1 unspecified atom stereocenters. The van der Waals surface area contributed by atoms with E-state index in [2.05, 4.69) is 13.8 Å². The number of allylic oxidation sites excluding steroid dienone is 4. The second-order valence-corrected chi connectivity index (χ2v) is 10.4. The number of esters is 1. The van der Waals surface area contributed by atoms with Gasteiger partial charge in [0.1, 0.15) is 5.83 Å². The molecule has 2 fully saturated rings. The lowest BCUT2D eigenvalue weighted by atomic mass is 9.46. The number of ketones is 2. The summed E-state index contributed by atoms with van der Waals surface area (Å²) in [5.41, 5.74) is 0.225. The fourth-order valence-corrected chi connectivity index (χ4v) is 8.00. The minimum absolute atomic E-state index is 0.00864. The Morgan fingerprint density at radius 3 is 2.48 bits per heavy atom. The number of hydrogen-bond donors (Lipinski definition) is 0. The van der Waals surface area contributed by atoms with Gasteiger partial charge in [0.15, 0.2) is 17.2 Å². The normalized spacial score (nSPS) is 47.5. The van der Waals surface area contributed by atoms with Gasteiger partial charge in [-0.2, -0.15) is 0 Å². The van der Waals surface area contributed by atoms with Crippen molar-refractivity contribution in [3.8, 4) is 0 Å². The maximum absolute atomic E-state index is 15.4. The van der Waals surface area contributed by atoms with E-state index in [-0.39, 0.29) is 52.9 Å². The molecule has 5 aliphatic carbocycles. The summed E-state index contributed by atoms with van der Waals surface area (Å²) in [4.78, 5) is 37.0. The Hall–Kier alpha value is -1.78. The Labute approximate surface area is 170 Å². The van der Waals surface area contributed by atoms with Gasteiger partial charge in [0.2, 0.25) is 0 Å². The highest BCUT2D eigenvalue weighted by Crippen LogP contribution is 2.71. The highest BCUT2D eigenvalue weighted by molar-refractivity contribution is 6.03. The van der Waals surface area contributed by atoms with Crippen molar-refractivity contribution in [1.29, 1.82) is 0 Å². The molecule has 0 radical (unpaired) electrons. The quantitative estimate of drug-likeness (QED) is 0.641. The molecule has 0 aliphatic heterocycles. The van der Waals surface area contributed by atoms with Gasteiger partial charge in [-0.15, -0.1) is 0 Å². The lowest BCUT2D eigenvalue weighted by Gasteiger charge is -2.58. The third-order valence-electron chi connectivity index (χ3n) is 9.49. The molecular weight excluding hydrogens is 371 g/mol. The van der Waals surface area contributed by atoms with E-state index < -0.39 is 17.0 Å². The maximum Gasteiger partial charge on any atom is 0.303 e. The van der Waals surface area contributed by atoms with Crippen LogP contribution in [0, 0.1) is 34.5 Å². The van der Waals surface area contributed by atoms with Crippen molar-refractivity contribution in [2.45, 2.75) is 71.8 Å². The van der Waals surface area contributed by atoms with Crippen molar-refractivity contribution < 1.29 is 23.5 Å². The highest BCUT2D eigenvalue weighted by Gasteiger charge is 2.69. The van der Waals surface area contributed by atoms with E-state index in [1.54, 1.807) is 6.08 Å². The monoisotopic (exact) mass is 400 g/mol. The first kappa shape index (κ1) is 19.2. The van der Waals surface area contributed by atoms with Crippen molar-refractivity contribution in [2.75, 3.05) is 0 Å². The van der Waals surface area contributed by atoms with Crippen LogP contribution in [-0.4, -0.2) is 23.1 Å². The van der Waals surface area contributed by atoms with Crippen LogP contribution in [0.4, 0.5) is 4.39 Å². The molecule has 156 valence electrons. The Morgan fingerprint density at radius 2 is 1.83 bits per heavy atom. The molecule has 7 atom stereocenters. The lowest BCUT2D eigenvalue weighted by Crippen LogP contribution is -2.58. The summed E-state index contributed by atoms with van der Waals surface area (Å²) in [6.07, 6.45) is 5.69. The summed E-state index contributed by atoms with van der Waals surface area (Å²) < 4.78 is 21.1. The first-order chi connectivity index (χ1) is 13.6. The molecule has 2 saturated carbocycles. The van der Waals surface area contributed by atoms with Crippen LogP contribution in [0.5, 0.6) is 0 Å². The molecule has 0 spiro atoms. The molecule has 29 heavy (non-hydrogen) atoms. The van der Waals surface area contributed by atoms with Crippen molar-refractivity contribution in [2.24, 2.45) is 34.5 Å². The zero-order valence-corrected chi connectivity index (χ0v) is 17.6. The summed E-state index contributed by atoms with van der Waals surface area (Å²) in [6.45, 7) is 7.11. The van der Waals surface area contributed by atoms with Crippen LogP contribution in [0.3, 0.4) is 0 Å². The molecule has 4 nitrogen and oxygen atoms in total. The number of ether oxygens (including phenoxy) is 1. The maximum atomic E-state index is 15.4. The number of carbonyl (C=O) groups is 3. The second kappa shape index (κ2) is 5.67. The van der Waals surface area contributed by atoms with Crippen LogP contribution in [0.1, 0.15) is 66.2 Å². The summed E-state index contributed by atoms with van der Waals surface area (Å²) in [5, 5.41) is 0. The smallest absolute Gasteiger partial charge is 0.303 e. The van der Waals surface area contributed by atoms with Crippen LogP contribution in [0.2, 0.25) is 0 Å². The first-order valence-electron chi connectivity index (χ1n) is 10.9. The largest absolute Gasteiger partial charge is 0.451 e. The number of Topliss-reactive ketones (excluding diaryl/α,β-unsaturated/α-hetero) is 2. The van der Waals surface area contributed by atoms with Gasteiger partial charge in [0.25, 0.3) is 0 Å². The van der Waals surface area contributed by atoms with Gasteiger partial charge < -0.3 is 4.74 Å². The SMILES string of the molecule is CC(=O)O[C@@]1(C(C)=O)CC[C@H]2[C@@H]3C=C(F)C4CC(=O)C5=C(C5)[C@@]4(C)[C@@H]3CC[C@@]21C. The summed E-state index contributed by atoms with van der Waals surface area (Å²) in [7, 11) is 0. The van der Waals surface area contributed by atoms with Gasteiger partial charge in [-0.25, -0.2) is 4.39 Å². The van der Waals surface area contributed by atoms with E-state index in [1.165, 1.54) is 19.4 Å². The van der Waals surface area contributed by atoms with E-state index in [0.29, 0.717) is 6.42 Å². The molecule has 0 amide bonds. The summed E-state index contributed by atoms with van der Waals surface area (Å²) >= 11 is 0. The number of hydrogen-bond acceptors (Lipinski definition) is 4. The van der Waals surface area contributed by atoms with Crippen molar-refractivity contribution in [3.63, 3.8) is 0 Å². The van der Waals surface area contributed by atoms with E-state index in [4.69, 9.17) is 4.74 Å². The first-order valence-corrected chi connectivity index (χ1v) is 10.9. The number of rotatable bonds is 2. The van der Waals surface area contributed by atoms with E-state index in [1.807, 2.05) is 0 Å². The van der Waals surface area contributed by atoms with Gasteiger partial charge in [0, 0.05) is 30.1 Å². The van der Waals surface area contributed by atoms with E-state index in [9.17, 15) is 14.4 Å². The molecule has 0 bridgehead atoms. The fraction of sp³-hybridized carbons (Fsp3) is 0.708. The zero-order chi connectivity index (χ0) is 20.9. The minimum Gasteiger partial charge on any atom is -0.451 e. The molecule has 0 aromatic heterocycles. The van der Waals surface area contributed by atoms with Crippen LogP contribution >= 0.6 is 0 Å². The third-order valence-corrected chi connectivity index (χ3v) is 9.49. The van der Waals surface area contributed by atoms with Crippen LogP contribution in [0.25, 0.3) is 0 Å². The van der Waals surface area contributed by atoms with Crippen LogP contribution < -0.4 is 0 Å². The van der Waals surface area contributed by atoms with Gasteiger partial charge in [-0.1, -0.05) is 19.4 Å². The fourth-order valence-electron chi connectivity index (χ4n) is 8.00. The summed E-state index contributed by atoms with van der Waals surface area (Å²) in [5.74, 6) is -0.534. The average Bonchev–Trinajstić information content (AvgIpc) is 3.39. The van der Waals surface area contributed by atoms with Crippen molar-refractivity contribution >= 4 is 17.5 Å². The minimum atomic E-state index is -1.11. The lowest BCUT2D eigenvalue weighted by molar-refractivity contribution is -0.185. The van der Waals surface area contributed by atoms with Crippen molar-refractivity contribution in [3.05, 3.63) is 23.0 Å². The number of carbonyl (C=O) groups excluding carboxylic acids is 3. The molecule has 5 aliphatic rings. The number of fused-ring (bicyclic) bond motifs is 6. The van der Waals surface area contributed by atoms with Gasteiger partial charge in [-0.05, 0) is 68.4 Å². The van der Waals surface area contributed by atoms with Crippen LogP contribution in [-0.2, 0) is 19.1 Å². The molecule has 5 rings (SSSR count). The standard InChI is InChI=1S/C24H29FO4/c1-12(26)24(29-13(2)27)8-6-16-14-10-20(25)19-11-21(28)15-9-18(15)23(19,4)17(14)5-7-22(16,24)3/h10,14,16-17,19H,5-9,11H2,1-4H3/t14-,16-,17+,19?,22-,23+,24+/m0/s1.